The second-order valence-electron chi connectivity index (χ2n) is 5.51. The van der Waals surface area contributed by atoms with Crippen molar-refractivity contribution in [2.45, 2.75) is 52.7 Å². The fourth-order valence-corrected chi connectivity index (χ4v) is 2.96. The lowest BCUT2D eigenvalue weighted by atomic mass is 9.74. The maximum atomic E-state index is 8.98. The normalized spacial score (nSPS) is 20.2. The maximum absolute atomic E-state index is 8.98. The van der Waals surface area contributed by atoms with Crippen molar-refractivity contribution in [2.24, 2.45) is 5.41 Å². The summed E-state index contributed by atoms with van der Waals surface area (Å²) in [5.74, 6) is 1.64. The van der Waals surface area contributed by atoms with Gasteiger partial charge in [0.2, 0.25) is 0 Å². The van der Waals surface area contributed by atoms with Crippen LogP contribution in [0.3, 0.4) is 0 Å². The molecule has 18 heavy (non-hydrogen) atoms. The molecule has 102 valence electrons. The monoisotopic (exact) mass is 251 g/mol. The topological polar surface area (TPSA) is 36.6 Å². The van der Waals surface area contributed by atoms with Gasteiger partial charge in [-0.05, 0) is 43.5 Å². The Kier molecular flexibility index (Phi) is 4.46. The van der Waals surface area contributed by atoms with E-state index in [-0.39, 0.29) is 6.61 Å². The van der Waals surface area contributed by atoms with E-state index in [1.165, 1.54) is 25.7 Å². The minimum atomic E-state index is -0.00518. The van der Waals surface area contributed by atoms with Crippen molar-refractivity contribution in [3.63, 3.8) is 0 Å². The van der Waals surface area contributed by atoms with E-state index in [1.807, 2.05) is 12.1 Å². The lowest BCUT2D eigenvalue weighted by molar-refractivity contribution is 0.0855. The molecule has 1 aromatic rings. The van der Waals surface area contributed by atoms with Crippen LogP contribution in [0.15, 0.2) is 16.5 Å². The highest BCUT2D eigenvalue weighted by Crippen LogP contribution is 2.38. The molecule has 1 fully saturated rings. The first-order valence-corrected chi connectivity index (χ1v) is 7.12. The number of hydrogen-bond acceptors (Lipinski definition) is 3. The van der Waals surface area contributed by atoms with Crippen molar-refractivity contribution in [2.75, 3.05) is 13.1 Å². The van der Waals surface area contributed by atoms with Gasteiger partial charge in [0.15, 0.2) is 0 Å². The summed E-state index contributed by atoms with van der Waals surface area (Å²) in [5, 5.41) is 8.98. The van der Waals surface area contributed by atoms with Gasteiger partial charge in [-0.2, -0.15) is 0 Å². The SMILES string of the molecule is CCC1(CC)CCN(Cc2ccc(CO)o2)CC1. The van der Waals surface area contributed by atoms with E-state index >= 15 is 0 Å². The highest BCUT2D eigenvalue weighted by atomic mass is 16.4. The van der Waals surface area contributed by atoms with Crippen molar-refractivity contribution >= 4 is 0 Å². The van der Waals surface area contributed by atoms with Gasteiger partial charge in [-0.3, -0.25) is 4.90 Å². The third-order valence-electron chi connectivity index (χ3n) is 4.67. The number of rotatable bonds is 5. The smallest absolute Gasteiger partial charge is 0.129 e. The second-order valence-corrected chi connectivity index (χ2v) is 5.51. The number of likely N-dealkylation sites (tertiary alicyclic amines) is 1. The highest BCUT2D eigenvalue weighted by molar-refractivity contribution is 5.06. The first kappa shape index (κ1) is 13.6. The van der Waals surface area contributed by atoms with Gasteiger partial charge in [-0.25, -0.2) is 0 Å². The molecule has 0 saturated carbocycles. The average Bonchev–Trinajstić information content (AvgIpc) is 2.88. The van der Waals surface area contributed by atoms with Crippen molar-refractivity contribution in [3.05, 3.63) is 23.7 Å². The zero-order chi connectivity index (χ0) is 13.0. The standard InChI is InChI=1S/C15H25NO2/c1-3-15(4-2)7-9-16(10-8-15)11-13-5-6-14(12-17)18-13/h5-6,17H,3-4,7-12H2,1-2H3. The predicted octanol–water partition coefficient (Wildman–Crippen LogP) is 3.17. The van der Waals surface area contributed by atoms with Crippen LogP contribution in [-0.4, -0.2) is 23.1 Å². The van der Waals surface area contributed by atoms with Gasteiger partial charge in [-0.15, -0.1) is 0 Å². The molecule has 3 heteroatoms. The minimum Gasteiger partial charge on any atom is -0.462 e. The second kappa shape index (κ2) is 5.89. The molecule has 1 saturated heterocycles. The molecule has 0 aliphatic carbocycles. The minimum absolute atomic E-state index is 0.00518. The fourth-order valence-electron chi connectivity index (χ4n) is 2.96. The van der Waals surface area contributed by atoms with Gasteiger partial charge in [-0.1, -0.05) is 26.7 Å². The van der Waals surface area contributed by atoms with E-state index < -0.39 is 0 Å². The van der Waals surface area contributed by atoms with Crippen LogP contribution in [0.1, 0.15) is 51.1 Å². The summed E-state index contributed by atoms with van der Waals surface area (Å²) in [5.41, 5.74) is 0.579. The molecule has 0 bridgehead atoms. The molecular formula is C15H25NO2. The van der Waals surface area contributed by atoms with Crippen LogP contribution in [0.25, 0.3) is 0 Å². The molecule has 1 aliphatic heterocycles. The van der Waals surface area contributed by atoms with Crippen molar-refractivity contribution < 1.29 is 9.52 Å². The van der Waals surface area contributed by atoms with Gasteiger partial charge in [0.25, 0.3) is 0 Å². The average molecular weight is 251 g/mol. The molecule has 2 rings (SSSR count). The Morgan fingerprint density at radius 3 is 2.28 bits per heavy atom. The number of aliphatic hydroxyl groups excluding tert-OH is 1. The summed E-state index contributed by atoms with van der Waals surface area (Å²) in [4.78, 5) is 2.46. The van der Waals surface area contributed by atoms with Crippen LogP contribution in [0.4, 0.5) is 0 Å². The number of hydrogen-bond donors (Lipinski definition) is 1. The van der Waals surface area contributed by atoms with Crippen molar-refractivity contribution in [1.82, 2.24) is 4.90 Å². The third kappa shape index (κ3) is 2.96. The summed E-state index contributed by atoms with van der Waals surface area (Å²) >= 11 is 0. The molecule has 3 nitrogen and oxygen atoms in total. The molecule has 0 atom stereocenters. The number of aliphatic hydroxyl groups is 1. The predicted molar refractivity (Wildman–Crippen MR) is 72.2 cm³/mol. The van der Waals surface area contributed by atoms with Gasteiger partial charge < -0.3 is 9.52 Å². The Labute approximate surface area is 110 Å². The number of furan rings is 1. The molecule has 0 aromatic carbocycles. The number of piperidine rings is 1. The maximum Gasteiger partial charge on any atom is 0.129 e. The summed E-state index contributed by atoms with van der Waals surface area (Å²) in [7, 11) is 0. The van der Waals surface area contributed by atoms with Gasteiger partial charge >= 0.3 is 0 Å². The number of nitrogens with zero attached hydrogens (tertiary/aromatic N) is 1. The van der Waals surface area contributed by atoms with E-state index in [4.69, 9.17) is 9.52 Å². The van der Waals surface area contributed by atoms with Crippen LogP contribution < -0.4 is 0 Å². The van der Waals surface area contributed by atoms with Gasteiger partial charge in [0, 0.05) is 0 Å². The quantitative estimate of drug-likeness (QED) is 0.873. The Bertz CT molecular complexity index is 358. The lowest BCUT2D eigenvalue weighted by Crippen LogP contribution is -2.39. The van der Waals surface area contributed by atoms with Crippen molar-refractivity contribution in [1.29, 1.82) is 0 Å². The molecule has 0 amide bonds. The van der Waals surface area contributed by atoms with Gasteiger partial charge in [0.1, 0.15) is 18.1 Å². The van der Waals surface area contributed by atoms with Crippen LogP contribution in [0.2, 0.25) is 0 Å². The molecule has 1 aliphatic rings. The molecule has 0 spiro atoms. The zero-order valence-corrected chi connectivity index (χ0v) is 11.6. The van der Waals surface area contributed by atoms with E-state index in [1.54, 1.807) is 0 Å². The third-order valence-corrected chi connectivity index (χ3v) is 4.67. The van der Waals surface area contributed by atoms with Crippen LogP contribution in [0, 0.1) is 5.41 Å². The van der Waals surface area contributed by atoms with Crippen molar-refractivity contribution in [3.8, 4) is 0 Å². The Morgan fingerprint density at radius 2 is 1.78 bits per heavy atom. The van der Waals surface area contributed by atoms with Gasteiger partial charge in [0.05, 0.1) is 6.54 Å². The van der Waals surface area contributed by atoms with E-state index in [0.29, 0.717) is 11.2 Å². The summed E-state index contributed by atoms with van der Waals surface area (Å²) in [6.07, 6.45) is 5.20. The molecule has 2 heterocycles. The summed E-state index contributed by atoms with van der Waals surface area (Å²) < 4.78 is 5.55. The molecule has 0 unspecified atom stereocenters. The van der Waals surface area contributed by atoms with Crippen LogP contribution >= 0.6 is 0 Å². The Balaban J connectivity index is 1.86. The summed E-state index contributed by atoms with van der Waals surface area (Å²) in [6, 6.07) is 3.84. The van der Waals surface area contributed by atoms with E-state index in [0.717, 1.165) is 25.4 Å². The Morgan fingerprint density at radius 1 is 1.17 bits per heavy atom. The zero-order valence-electron chi connectivity index (χ0n) is 11.6. The fraction of sp³-hybridized carbons (Fsp3) is 0.733. The van der Waals surface area contributed by atoms with E-state index in [9.17, 15) is 0 Å². The van der Waals surface area contributed by atoms with Crippen LogP contribution in [0.5, 0.6) is 0 Å². The molecule has 0 radical (unpaired) electrons. The largest absolute Gasteiger partial charge is 0.462 e. The van der Waals surface area contributed by atoms with Crippen LogP contribution in [-0.2, 0) is 13.2 Å². The first-order chi connectivity index (χ1) is 8.71. The molecule has 1 N–H and O–H groups in total. The Hall–Kier alpha value is -0.800. The molecular weight excluding hydrogens is 226 g/mol. The highest BCUT2D eigenvalue weighted by Gasteiger charge is 2.31. The summed E-state index contributed by atoms with van der Waals surface area (Å²) in [6.45, 7) is 7.84. The van der Waals surface area contributed by atoms with E-state index in [2.05, 4.69) is 18.7 Å². The molecule has 1 aromatic heterocycles. The lowest BCUT2D eigenvalue weighted by Gasteiger charge is -2.40. The first-order valence-electron chi connectivity index (χ1n) is 7.12.